The first-order chi connectivity index (χ1) is 12.2. The highest BCUT2D eigenvalue weighted by atomic mass is 16.5. The predicted molar refractivity (Wildman–Crippen MR) is 102 cm³/mol. The zero-order chi connectivity index (χ0) is 17.9. The number of unbranched alkanes of at least 4 members (excludes halogenated alkanes) is 1. The number of piperazine rings is 1. The second-order valence-electron chi connectivity index (χ2n) is 6.52. The molecule has 3 N–H and O–H groups in total. The number of carbonyl (C=O) groups is 1. The highest BCUT2D eigenvalue weighted by molar-refractivity contribution is 5.76. The molecule has 1 amide bonds. The van der Waals surface area contributed by atoms with Gasteiger partial charge in [0.05, 0.1) is 12.5 Å². The zero-order valence-corrected chi connectivity index (χ0v) is 15.3. The molecule has 0 saturated carbocycles. The molecule has 1 heterocycles. The Balaban J connectivity index is 1.53. The first kappa shape index (κ1) is 19.7. The van der Waals surface area contributed by atoms with Gasteiger partial charge in [0, 0.05) is 52.1 Å². The second-order valence-corrected chi connectivity index (χ2v) is 6.52. The van der Waals surface area contributed by atoms with Crippen LogP contribution in [0.1, 0.15) is 19.3 Å². The largest absolute Gasteiger partial charge is 0.380 e. The van der Waals surface area contributed by atoms with Gasteiger partial charge in [-0.2, -0.15) is 0 Å². The van der Waals surface area contributed by atoms with E-state index in [1.54, 1.807) is 7.11 Å². The van der Waals surface area contributed by atoms with Crippen LogP contribution in [-0.2, 0) is 9.53 Å². The highest BCUT2D eigenvalue weighted by Gasteiger charge is 2.16. The van der Waals surface area contributed by atoms with Gasteiger partial charge in [-0.15, -0.1) is 0 Å². The van der Waals surface area contributed by atoms with E-state index in [9.17, 15) is 4.79 Å². The summed E-state index contributed by atoms with van der Waals surface area (Å²) >= 11 is 0. The Morgan fingerprint density at radius 1 is 1.20 bits per heavy atom. The molecule has 1 aromatic carbocycles. The molecule has 2 rings (SSSR count). The third-order valence-corrected chi connectivity index (χ3v) is 4.73. The Labute approximate surface area is 151 Å². The minimum atomic E-state index is -0.180. The standard InChI is InChI=1S/C19H32N4O2/c1-25-18(16-20)15-19(24)21-9-5-6-10-22-11-13-23(14-12-22)17-7-3-2-4-8-17/h2-4,7-8,18H,5-6,9-16,20H2,1H3,(H,21,24). The molecule has 0 spiro atoms. The Bertz CT molecular complexity index is 485. The third-order valence-electron chi connectivity index (χ3n) is 4.73. The molecule has 0 bridgehead atoms. The lowest BCUT2D eigenvalue weighted by Crippen LogP contribution is -2.46. The summed E-state index contributed by atoms with van der Waals surface area (Å²) in [7, 11) is 1.59. The van der Waals surface area contributed by atoms with Crippen molar-refractivity contribution >= 4 is 11.6 Å². The molecule has 1 fully saturated rings. The summed E-state index contributed by atoms with van der Waals surface area (Å²) in [5.74, 6) is 0.0220. The fourth-order valence-corrected chi connectivity index (χ4v) is 3.10. The molecule has 1 aliphatic rings. The number of hydrogen-bond acceptors (Lipinski definition) is 5. The fraction of sp³-hybridized carbons (Fsp3) is 0.632. The minimum absolute atomic E-state index is 0.0220. The van der Waals surface area contributed by atoms with Gasteiger partial charge >= 0.3 is 0 Å². The van der Waals surface area contributed by atoms with Crippen LogP contribution in [0, 0.1) is 0 Å². The third kappa shape index (κ3) is 7.02. The van der Waals surface area contributed by atoms with Crippen molar-refractivity contribution in [3.05, 3.63) is 30.3 Å². The van der Waals surface area contributed by atoms with Gasteiger partial charge in [0.2, 0.25) is 5.91 Å². The summed E-state index contributed by atoms with van der Waals surface area (Å²) in [6.45, 7) is 6.57. The van der Waals surface area contributed by atoms with Crippen molar-refractivity contribution in [3.63, 3.8) is 0 Å². The predicted octanol–water partition coefficient (Wildman–Crippen LogP) is 1.07. The number of benzene rings is 1. The van der Waals surface area contributed by atoms with Crippen LogP contribution in [0.4, 0.5) is 5.69 Å². The van der Waals surface area contributed by atoms with Crippen molar-refractivity contribution in [1.29, 1.82) is 0 Å². The highest BCUT2D eigenvalue weighted by Crippen LogP contribution is 2.15. The van der Waals surface area contributed by atoms with Gasteiger partial charge < -0.3 is 20.7 Å². The second kappa shape index (κ2) is 11.1. The maximum absolute atomic E-state index is 11.7. The van der Waals surface area contributed by atoms with Crippen LogP contribution in [-0.4, -0.2) is 69.8 Å². The van der Waals surface area contributed by atoms with Crippen molar-refractivity contribution in [2.75, 3.05) is 57.8 Å². The van der Waals surface area contributed by atoms with Gasteiger partial charge in [-0.25, -0.2) is 0 Å². The molecule has 0 radical (unpaired) electrons. The van der Waals surface area contributed by atoms with Crippen LogP contribution < -0.4 is 16.0 Å². The molecule has 1 atom stereocenters. The van der Waals surface area contributed by atoms with Crippen LogP contribution in [0.15, 0.2) is 30.3 Å². The lowest BCUT2D eigenvalue weighted by Gasteiger charge is -2.36. The maximum atomic E-state index is 11.7. The molecular formula is C19H32N4O2. The van der Waals surface area contributed by atoms with Crippen molar-refractivity contribution in [1.82, 2.24) is 10.2 Å². The SMILES string of the molecule is COC(CN)CC(=O)NCCCCN1CCN(c2ccccc2)CC1. The van der Waals surface area contributed by atoms with Gasteiger partial charge in [-0.3, -0.25) is 9.69 Å². The van der Waals surface area contributed by atoms with E-state index in [1.165, 1.54) is 5.69 Å². The van der Waals surface area contributed by atoms with Crippen LogP contribution in [0.25, 0.3) is 0 Å². The summed E-state index contributed by atoms with van der Waals surface area (Å²) in [6.07, 6.45) is 2.27. The number of nitrogens with two attached hydrogens (primary N) is 1. The first-order valence-corrected chi connectivity index (χ1v) is 9.25. The molecule has 1 aliphatic heterocycles. The average molecular weight is 348 g/mol. The van der Waals surface area contributed by atoms with Gasteiger partial charge in [0.15, 0.2) is 0 Å². The smallest absolute Gasteiger partial charge is 0.222 e. The molecule has 6 heteroatoms. The number of methoxy groups -OCH3 is 1. The van der Waals surface area contributed by atoms with Crippen molar-refractivity contribution in [3.8, 4) is 0 Å². The monoisotopic (exact) mass is 348 g/mol. The zero-order valence-electron chi connectivity index (χ0n) is 15.3. The number of para-hydroxylation sites is 1. The van der Waals surface area contributed by atoms with E-state index in [2.05, 4.69) is 45.4 Å². The van der Waals surface area contributed by atoms with Crippen LogP contribution in [0.2, 0.25) is 0 Å². The summed E-state index contributed by atoms with van der Waals surface area (Å²) in [6, 6.07) is 10.6. The normalized spacial score (nSPS) is 16.6. The van der Waals surface area contributed by atoms with E-state index >= 15 is 0 Å². The summed E-state index contributed by atoms with van der Waals surface area (Å²) in [5, 5.41) is 2.95. The quantitative estimate of drug-likeness (QED) is 0.619. The molecule has 6 nitrogen and oxygen atoms in total. The number of amides is 1. The molecule has 0 aromatic heterocycles. The number of carbonyl (C=O) groups excluding carboxylic acids is 1. The lowest BCUT2D eigenvalue weighted by atomic mass is 10.2. The Kier molecular flexibility index (Phi) is 8.72. The van der Waals surface area contributed by atoms with Crippen LogP contribution in [0.5, 0.6) is 0 Å². The number of ether oxygens (including phenoxy) is 1. The van der Waals surface area contributed by atoms with E-state index in [-0.39, 0.29) is 12.0 Å². The van der Waals surface area contributed by atoms with E-state index in [0.717, 1.165) is 52.1 Å². The Morgan fingerprint density at radius 3 is 2.56 bits per heavy atom. The molecule has 25 heavy (non-hydrogen) atoms. The van der Waals surface area contributed by atoms with E-state index < -0.39 is 0 Å². The number of rotatable bonds is 10. The van der Waals surface area contributed by atoms with Gasteiger partial charge in [-0.1, -0.05) is 18.2 Å². The molecule has 1 aromatic rings. The molecular weight excluding hydrogens is 316 g/mol. The summed E-state index contributed by atoms with van der Waals surface area (Å²) in [4.78, 5) is 16.7. The number of nitrogens with zero attached hydrogens (tertiary/aromatic N) is 2. The molecule has 1 unspecified atom stereocenters. The van der Waals surface area contributed by atoms with Crippen molar-refractivity contribution in [2.24, 2.45) is 5.73 Å². The van der Waals surface area contributed by atoms with Crippen molar-refractivity contribution in [2.45, 2.75) is 25.4 Å². The fourth-order valence-electron chi connectivity index (χ4n) is 3.10. The van der Waals surface area contributed by atoms with Crippen molar-refractivity contribution < 1.29 is 9.53 Å². The van der Waals surface area contributed by atoms with Crippen LogP contribution in [0.3, 0.4) is 0 Å². The molecule has 140 valence electrons. The Hall–Kier alpha value is -1.63. The maximum Gasteiger partial charge on any atom is 0.222 e. The summed E-state index contributed by atoms with van der Waals surface area (Å²) < 4.78 is 5.12. The lowest BCUT2D eigenvalue weighted by molar-refractivity contribution is -0.123. The Morgan fingerprint density at radius 2 is 1.92 bits per heavy atom. The van der Waals surface area contributed by atoms with Crippen LogP contribution >= 0.6 is 0 Å². The first-order valence-electron chi connectivity index (χ1n) is 9.25. The van der Waals surface area contributed by atoms with E-state index in [0.29, 0.717) is 13.0 Å². The van der Waals surface area contributed by atoms with E-state index in [1.807, 2.05) is 0 Å². The summed E-state index contributed by atoms with van der Waals surface area (Å²) in [5.41, 5.74) is 6.84. The molecule has 0 aliphatic carbocycles. The number of nitrogens with one attached hydrogen (secondary N) is 1. The topological polar surface area (TPSA) is 70.8 Å². The number of anilines is 1. The minimum Gasteiger partial charge on any atom is -0.380 e. The van der Waals surface area contributed by atoms with Gasteiger partial charge in [-0.05, 0) is 31.5 Å². The van der Waals surface area contributed by atoms with Gasteiger partial charge in [0.1, 0.15) is 0 Å². The average Bonchev–Trinajstić information content (AvgIpc) is 2.67. The number of hydrogen-bond donors (Lipinski definition) is 2. The van der Waals surface area contributed by atoms with E-state index in [4.69, 9.17) is 10.5 Å². The molecule has 1 saturated heterocycles. The van der Waals surface area contributed by atoms with Gasteiger partial charge in [0.25, 0.3) is 0 Å².